The molecule has 0 saturated carbocycles. The number of cyclic esters (lactones) is 1. The minimum Gasteiger partial charge on any atom is -0.461 e. The van der Waals surface area contributed by atoms with E-state index >= 15 is 0 Å². The number of carbonyl (C=O) groups excluding carboxylic acids is 3. The van der Waals surface area contributed by atoms with Crippen molar-refractivity contribution < 1.29 is 24.2 Å². The largest absolute Gasteiger partial charge is 0.461 e. The standard InChI is InChI=1S/C26H29ClN2O5S/c1-15(2)13-18(14-30)29-22-24(32)28(17-8-6-16(27)7-9-17)11-4-10-26(22)21(23(29)31)20-19(35-26)5-3-12-34-25(20)33/h3-10,15,18-22,30H,11-14H2,1-2H3/t18-,19+,20-,21+,22?,26+/m1/s1. The predicted molar refractivity (Wildman–Crippen MR) is 135 cm³/mol. The van der Waals surface area contributed by atoms with Gasteiger partial charge in [0.25, 0.3) is 5.91 Å². The van der Waals surface area contributed by atoms with Gasteiger partial charge in [0.2, 0.25) is 5.91 Å². The molecule has 2 fully saturated rings. The maximum Gasteiger partial charge on any atom is 0.311 e. The van der Waals surface area contributed by atoms with Crippen LogP contribution in [0.1, 0.15) is 20.3 Å². The van der Waals surface area contributed by atoms with E-state index in [1.807, 2.05) is 38.2 Å². The molecule has 0 aromatic heterocycles. The van der Waals surface area contributed by atoms with Crippen LogP contribution in [-0.4, -0.2) is 69.6 Å². The first-order chi connectivity index (χ1) is 16.8. The highest BCUT2D eigenvalue weighted by Crippen LogP contribution is 2.61. The summed E-state index contributed by atoms with van der Waals surface area (Å²) in [6.45, 7) is 4.29. The van der Waals surface area contributed by atoms with E-state index in [0.29, 0.717) is 23.7 Å². The van der Waals surface area contributed by atoms with Gasteiger partial charge < -0.3 is 19.6 Å². The van der Waals surface area contributed by atoms with Gasteiger partial charge in [-0.15, -0.1) is 11.8 Å². The second-order valence-electron chi connectivity index (χ2n) is 9.94. The van der Waals surface area contributed by atoms with Crippen LogP contribution in [0.4, 0.5) is 5.69 Å². The average molecular weight is 517 g/mol. The molecule has 1 spiro atoms. The lowest BCUT2D eigenvalue weighted by Gasteiger charge is -2.39. The highest BCUT2D eigenvalue weighted by atomic mass is 35.5. The van der Waals surface area contributed by atoms with Crippen LogP contribution in [0.3, 0.4) is 0 Å². The molecule has 1 N–H and O–H groups in total. The quantitative estimate of drug-likeness (QED) is 0.478. The van der Waals surface area contributed by atoms with Gasteiger partial charge in [0.1, 0.15) is 12.6 Å². The maximum atomic E-state index is 14.3. The van der Waals surface area contributed by atoms with Crippen LogP contribution in [0, 0.1) is 17.8 Å². The van der Waals surface area contributed by atoms with E-state index in [-0.39, 0.29) is 36.2 Å². The first-order valence-corrected chi connectivity index (χ1v) is 13.2. The number of hydrogen-bond acceptors (Lipinski definition) is 6. The first kappa shape index (κ1) is 24.4. The summed E-state index contributed by atoms with van der Waals surface area (Å²) in [5.74, 6) is -2.13. The second-order valence-corrected chi connectivity index (χ2v) is 11.9. The maximum absolute atomic E-state index is 14.3. The third-order valence-corrected chi connectivity index (χ3v) is 9.33. The Hall–Kier alpha value is -2.29. The zero-order valence-electron chi connectivity index (χ0n) is 19.7. The van der Waals surface area contributed by atoms with Crippen molar-refractivity contribution in [2.75, 3.05) is 24.7 Å². The lowest BCUT2D eigenvalue weighted by Crippen LogP contribution is -2.57. The number of hydrogen-bond donors (Lipinski definition) is 1. The molecule has 6 atom stereocenters. The lowest BCUT2D eigenvalue weighted by atomic mass is 9.78. The predicted octanol–water partition coefficient (Wildman–Crippen LogP) is 3.06. The van der Waals surface area contributed by atoms with Crippen molar-refractivity contribution in [3.63, 3.8) is 0 Å². The van der Waals surface area contributed by atoms with Gasteiger partial charge in [-0.25, -0.2) is 0 Å². The molecule has 4 aliphatic rings. The molecular weight excluding hydrogens is 488 g/mol. The molecule has 1 aromatic rings. The summed E-state index contributed by atoms with van der Waals surface area (Å²) in [5.41, 5.74) is 0.679. The van der Waals surface area contributed by atoms with Crippen molar-refractivity contribution >= 4 is 46.8 Å². The molecule has 186 valence electrons. The highest BCUT2D eigenvalue weighted by molar-refractivity contribution is 8.02. The van der Waals surface area contributed by atoms with E-state index in [0.717, 1.165) is 0 Å². The number of likely N-dealkylation sites (tertiary alicyclic amines) is 1. The Bertz CT molecular complexity index is 1090. The number of benzene rings is 1. The summed E-state index contributed by atoms with van der Waals surface area (Å²) in [5, 5.41) is 10.6. The summed E-state index contributed by atoms with van der Waals surface area (Å²) >= 11 is 7.57. The van der Waals surface area contributed by atoms with Gasteiger partial charge >= 0.3 is 5.97 Å². The zero-order valence-corrected chi connectivity index (χ0v) is 21.2. The SMILES string of the molecule is CC(C)C[C@H](CO)N1C(=O)[C@@H]2[C@@H]3C(=O)OCC=C[C@@H]3S[C@@]23C=CCN(c2ccc(Cl)cc2)C(=O)C13. The van der Waals surface area contributed by atoms with E-state index in [2.05, 4.69) is 0 Å². The molecule has 4 aliphatic heterocycles. The summed E-state index contributed by atoms with van der Waals surface area (Å²) in [6.07, 6.45) is 8.16. The van der Waals surface area contributed by atoms with Gasteiger partial charge in [-0.1, -0.05) is 49.8 Å². The molecule has 35 heavy (non-hydrogen) atoms. The van der Waals surface area contributed by atoms with Crippen LogP contribution in [0.25, 0.3) is 0 Å². The van der Waals surface area contributed by atoms with Crippen LogP contribution < -0.4 is 4.90 Å². The fraction of sp³-hybridized carbons (Fsp3) is 0.500. The van der Waals surface area contributed by atoms with Gasteiger partial charge in [0.05, 0.1) is 29.2 Å². The molecule has 1 aromatic carbocycles. The first-order valence-electron chi connectivity index (χ1n) is 12.0. The topological polar surface area (TPSA) is 87.2 Å². The number of thioether (sulfide) groups is 1. The number of amides is 2. The second kappa shape index (κ2) is 9.30. The van der Waals surface area contributed by atoms with Gasteiger partial charge in [0.15, 0.2) is 0 Å². The van der Waals surface area contributed by atoms with Gasteiger partial charge in [-0.3, -0.25) is 14.4 Å². The van der Waals surface area contributed by atoms with Crippen LogP contribution in [0.15, 0.2) is 48.6 Å². The molecule has 2 saturated heterocycles. The van der Waals surface area contributed by atoms with Crippen molar-refractivity contribution in [2.24, 2.45) is 17.8 Å². The smallest absolute Gasteiger partial charge is 0.311 e. The number of rotatable bonds is 5. The average Bonchev–Trinajstić information content (AvgIpc) is 3.13. The Morgan fingerprint density at radius 2 is 1.91 bits per heavy atom. The molecule has 0 aliphatic carbocycles. The van der Waals surface area contributed by atoms with Crippen LogP contribution in [-0.2, 0) is 19.1 Å². The molecule has 2 amide bonds. The van der Waals surface area contributed by atoms with E-state index < -0.39 is 34.6 Å². The highest BCUT2D eigenvalue weighted by Gasteiger charge is 2.71. The Morgan fingerprint density at radius 3 is 2.60 bits per heavy atom. The minimum absolute atomic E-state index is 0.180. The number of nitrogens with zero attached hydrogens (tertiary/aromatic N) is 2. The monoisotopic (exact) mass is 516 g/mol. The summed E-state index contributed by atoms with van der Waals surface area (Å²) < 4.78 is 4.47. The van der Waals surface area contributed by atoms with E-state index in [1.54, 1.807) is 34.1 Å². The molecule has 7 nitrogen and oxygen atoms in total. The molecule has 4 heterocycles. The normalized spacial score (nSPS) is 32.8. The number of aliphatic hydroxyl groups excluding tert-OH is 1. The van der Waals surface area contributed by atoms with Gasteiger partial charge in [-0.05, 0) is 36.6 Å². The van der Waals surface area contributed by atoms with E-state index in [4.69, 9.17) is 16.3 Å². The number of anilines is 1. The number of fused-ring (bicyclic) bond motifs is 2. The van der Waals surface area contributed by atoms with Crippen molar-refractivity contribution in [3.05, 3.63) is 53.6 Å². The van der Waals surface area contributed by atoms with Crippen molar-refractivity contribution in [3.8, 4) is 0 Å². The number of halogens is 1. The summed E-state index contributed by atoms with van der Waals surface area (Å²) in [4.78, 5) is 44.7. The number of aliphatic hydroxyl groups is 1. The fourth-order valence-electron chi connectivity index (χ4n) is 5.97. The van der Waals surface area contributed by atoms with Crippen molar-refractivity contribution in [1.29, 1.82) is 0 Å². The third kappa shape index (κ3) is 3.90. The van der Waals surface area contributed by atoms with Crippen LogP contribution in [0.2, 0.25) is 5.02 Å². The van der Waals surface area contributed by atoms with Crippen LogP contribution in [0.5, 0.6) is 0 Å². The molecule has 0 bridgehead atoms. The van der Waals surface area contributed by atoms with E-state index in [9.17, 15) is 19.5 Å². The molecule has 5 rings (SSSR count). The van der Waals surface area contributed by atoms with Crippen LogP contribution >= 0.6 is 23.4 Å². The minimum atomic E-state index is -0.935. The Morgan fingerprint density at radius 1 is 1.17 bits per heavy atom. The lowest BCUT2D eigenvalue weighted by molar-refractivity contribution is -0.152. The fourth-order valence-corrected chi connectivity index (χ4v) is 8.09. The Kier molecular flexibility index (Phi) is 6.48. The summed E-state index contributed by atoms with van der Waals surface area (Å²) in [6, 6.07) is 5.64. The number of esters is 1. The number of ether oxygens (including phenoxy) is 1. The molecular formula is C26H29ClN2O5S. The van der Waals surface area contributed by atoms with Crippen molar-refractivity contribution in [2.45, 2.75) is 42.3 Å². The Labute approximate surface area is 214 Å². The zero-order chi connectivity index (χ0) is 24.9. The Balaban J connectivity index is 1.64. The summed E-state index contributed by atoms with van der Waals surface area (Å²) in [7, 11) is 0. The number of carbonyl (C=O) groups is 3. The molecule has 1 unspecified atom stereocenters. The molecule has 9 heteroatoms. The van der Waals surface area contributed by atoms with E-state index in [1.165, 1.54) is 11.8 Å². The third-order valence-electron chi connectivity index (χ3n) is 7.34. The molecule has 0 radical (unpaired) electrons. The van der Waals surface area contributed by atoms with Gasteiger partial charge in [0, 0.05) is 22.5 Å². The van der Waals surface area contributed by atoms with Gasteiger partial charge in [-0.2, -0.15) is 0 Å². The van der Waals surface area contributed by atoms with Crippen molar-refractivity contribution in [1.82, 2.24) is 4.90 Å².